The number of pyridine rings is 1. The van der Waals surface area contributed by atoms with Gasteiger partial charge < -0.3 is 9.72 Å². The molecule has 1 heterocycles. The van der Waals surface area contributed by atoms with Gasteiger partial charge in [-0.3, -0.25) is 4.79 Å². The maximum atomic E-state index is 12.4. The summed E-state index contributed by atoms with van der Waals surface area (Å²) in [6.07, 6.45) is 1.46. The summed E-state index contributed by atoms with van der Waals surface area (Å²) in [5.41, 5.74) is 2.12. The van der Waals surface area contributed by atoms with E-state index in [2.05, 4.69) is 9.71 Å². The van der Waals surface area contributed by atoms with Crippen LogP contribution < -0.4 is 14.9 Å². The van der Waals surface area contributed by atoms with E-state index in [1.165, 1.54) is 12.3 Å². The van der Waals surface area contributed by atoms with Crippen molar-refractivity contribution >= 4 is 10.0 Å². The first-order chi connectivity index (χ1) is 11.7. The van der Waals surface area contributed by atoms with Crippen molar-refractivity contribution < 1.29 is 13.2 Å². The average Bonchev–Trinajstić information content (AvgIpc) is 2.54. The van der Waals surface area contributed by atoms with Gasteiger partial charge in [0.15, 0.2) is 5.75 Å². The zero-order chi connectivity index (χ0) is 18.6. The molecule has 0 amide bonds. The van der Waals surface area contributed by atoms with Gasteiger partial charge >= 0.3 is 0 Å². The first kappa shape index (κ1) is 19.2. The molecule has 7 heteroatoms. The number of hydrogen-bond acceptors (Lipinski definition) is 4. The molecule has 0 bridgehead atoms. The number of sulfonamides is 1. The van der Waals surface area contributed by atoms with Crippen LogP contribution in [0.25, 0.3) is 0 Å². The number of benzene rings is 1. The molecular weight excluding hydrogens is 340 g/mol. The SMILES string of the molecule is Cc1ccc(S(=O)(=O)NCc2cc(=O)c(OCC(C)C)c[nH]2)cc1C. The van der Waals surface area contributed by atoms with E-state index >= 15 is 0 Å². The van der Waals surface area contributed by atoms with Gasteiger partial charge in [-0.15, -0.1) is 0 Å². The second-order valence-corrected chi connectivity index (χ2v) is 8.23. The van der Waals surface area contributed by atoms with Gasteiger partial charge in [0.25, 0.3) is 0 Å². The minimum absolute atomic E-state index is 0.00500. The highest BCUT2D eigenvalue weighted by molar-refractivity contribution is 7.89. The van der Waals surface area contributed by atoms with Crippen molar-refractivity contribution in [2.45, 2.75) is 39.1 Å². The third-order valence-electron chi connectivity index (χ3n) is 3.75. The molecular formula is C18H24N2O4S. The predicted molar refractivity (Wildman–Crippen MR) is 97.3 cm³/mol. The van der Waals surface area contributed by atoms with E-state index in [0.29, 0.717) is 18.2 Å². The molecule has 1 aromatic heterocycles. The fourth-order valence-electron chi connectivity index (χ4n) is 2.11. The normalized spacial score (nSPS) is 11.7. The van der Waals surface area contributed by atoms with Crippen LogP contribution in [0.3, 0.4) is 0 Å². The van der Waals surface area contributed by atoms with Gasteiger partial charge in [0, 0.05) is 18.0 Å². The van der Waals surface area contributed by atoms with E-state index < -0.39 is 10.0 Å². The van der Waals surface area contributed by atoms with E-state index in [9.17, 15) is 13.2 Å². The van der Waals surface area contributed by atoms with E-state index in [-0.39, 0.29) is 22.6 Å². The summed E-state index contributed by atoms with van der Waals surface area (Å²) in [4.78, 5) is 15.1. The first-order valence-corrected chi connectivity index (χ1v) is 9.58. The zero-order valence-electron chi connectivity index (χ0n) is 14.9. The Labute approximate surface area is 148 Å². The van der Waals surface area contributed by atoms with E-state index in [1.807, 2.05) is 27.7 Å². The number of nitrogens with one attached hydrogen (secondary N) is 2. The maximum absolute atomic E-state index is 12.4. The molecule has 2 rings (SSSR count). The van der Waals surface area contributed by atoms with Crippen LogP contribution in [0.5, 0.6) is 5.75 Å². The topological polar surface area (TPSA) is 88.3 Å². The predicted octanol–water partition coefficient (Wildman–Crippen LogP) is 2.51. The Morgan fingerprint density at radius 2 is 1.88 bits per heavy atom. The first-order valence-electron chi connectivity index (χ1n) is 8.10. The highest BCUT2D eigenvalue weighted by atomic mass is 32.2. The maximum Gasteiger partial charge on any atom is 0.240 e. The van der Waals surface area contributed by atoms with Gasteiger partial charge in [0.1, 0.15) is 0 Å². The second-order valence-electron chi connectivity index (χ2n) is 6.46. The lowest BCUT2D eigenvalue weighted by Crippen LogP contribution is -2.24. The third-order valence-corrected chi connectivity index (χ3v) is 5.15. The van der Waals surface area contributed by atoms with Crippen LogP contribution in [0.4, 0.5) is 0 Å². The van der Waals surface area contributed by atoms with Gasteiger partial charge in [-0.1, -0.05) is 19.9 Å². The number of aryl methyl sites for hydroxylation is 2. The molecule has 6 nitrogen and oxygen atoms in total. The van der Waals surface area contributed by atoms with Crippen LogP contribution >= 0.6 is 0 Å². The van der Waals surface area contributed by atoms with Gasteiger partial charge in [0.2, 0.25) is 15.5 Å². The molecule has 136 valence electrons. The molecule has 25 heavy (non-hydrogen) atoms. The quantitative estimate of drug-likeness (QED) is 0.790. The summed E-state index contributed by atoms with van der Waals surface area (Å²) in [7, 11) is -3.65. The summed E-state index contributed by atoms with van der Waals surface area (Å²) < 4.78 is 32.6. The number of aromatic amines is 1. The lowest BCUT2D eigenvalue weighted by Gasteiger charge is -2.10. The van der Waals surface area contributed by atoms with Crippen LogP contribution in [-0.4, -0.2) is 20.0 Å². The standard InChI is InChI=1S/C18H24N2O4S/c1-12(2)11-24-18-10-19-15(8-17(18)21)9-20-25(22,23)16-6-5-13(3)14(4)7-16/h5-8,10,12,20H,9,11H2,1-4H3,(H,19,21). The minimum atomic E-state index is -3.65. The van der Waals surface area contributed by atoms with Gasteiger partial charge in [0.05, 0.1) is 18.0 Å². The highest BCUT2D eigenvalue weighted by Crippen LogP contribution is 2.15. The summed E-state index contributed by atoms with van der Waals surface area (Å²) >= 11 is 0. The molecule has 0 fully saturated rings. The van der Waals surface area contributed by atoms with Crippen LogP contribution in [0.15, 0.2) is 40.2 Å². The summed E-state index contributed by atoms with van der Waals surface area (Å²) in [6, 6.07) is 6.31. The zero-order valence-corrected chi connectivity index (χ0v) is 15.7. The molecule has 0 saturated carbocycles. The van der Waals surface area contributed by atoms with Crippen LogP contribution in [-0.2, 0) is 16.6 Å². The van der Waals surface area contributed by atoms with Gasteiger partial charge in [-0.25, -0.2) is 13.1 Å². The highest BCUT2D eigenvalue weighted by Gasteiger charge is 2.15. The number of ether oxygens (including phenoxy) is 1. The molecule has 0 saturated heterocycles. The Morgan fingerprint density at radius 3 is 2.48 bits per heavy atom. The van der Waals surface area contributed by atoms with Crippen molar-refractivity contribution in [3.05, 3.63) is 57.5 Å². The Morgan fingerprint density at radius 1 is 1.16 bits per heavy atom. The van der Waals surface area contributed by atoms with E-state index in [1.54, 1.807) is 18.2 Å². The van der Waals surface area contributed by atoms with Crippen molar-refractivity contribution in [1.29, 1.82) is 0 Å². The largest absolute Gasteiger partial charge is 0.488 e. The Balaban J connectivity index is 2.08. The molecule has 0 radical (unpaired) electrons. The van der Waals surface area contributed by atoms with Crippen molar-refractivity contribution in [2.75, 3.05) is 6.61 Å². The summed E-state index contributed by atoms with van der Waals surface area (Å²) in [5, 5.41) is 0. The lowest BCUT2D eigenvalue weighted by atomic mass is 10.1. The molecule has 0 unspecified atom stereocenters. The molecule has 2 aromatic rings. The van der Waals surface area contributed by atoms with Crippen molar-refractivity contribution in [1.82, 2.24) is 9.71 Å². The van der Waals surface area contributed by atoms with Crippen molar-refractivity contribution in [2.24, 2.45) is 5.92 Å². The van der Waals surface area contributed by atoms with E-state index in [0.717, 1.165) is 11.1 Å². The fraction of sp³-hybridized carbons (Fsp3) is 0.389. The monoisotopic (exact) mass is 364 g/mol. The lowest BCUT2D eigenvalue weighted by molar-refractivity contribution is 0.267. The summed E-state index contributed by atoms with van der Waals surface area (Å²) in [6.45, 7) is 8.21. The summed E-state index contributed by atoms with van der Waals surface area (Å²) in [5.74, 6) is 0.540. The average molecular weight is 364 g/mol. The van der Waals surface area contributed by atoms with Crippen LogP contribution in [0.2, 0.25) is 0 Å². The minimum Gasteiger partial charge on any atom is -0.488 e. The molecule has 0 spiro atoms. The van der Waals surface area contributed by atoms with Crippen molar-refractivity contribution in [3.63, 3.8) is 0 Å². The number of rotatable bonds is 7. The van der Waals surface area contributed by atoms with Gasteiger partial charge in [-0.05, 0) is 43.0 Å². The third kappa shape index (κ3) is 5.17. The Hall–Kier alpha value is -2.12. The van der Waals surface area contributed by atoms with Crippen molar-refractivity contribution in [3.8, 4) is 5.75 Å². The second kappa shape index (κ2) is 7.84. The molecule has 2 N–H and O–H groups in total. The van der Waals surface area contributed by atoms with Gasteiger partial charge in [-0.2, -0.15) is 0 Å². The van der Waals surface area contributed by atoms with Crippen LogP contribution in [0.1, 0.15) is 30.7 Å². The number of aromatic nitrogens is 1. The molecule has 0 aliphatic heterocycles. The molecule has 0 atom stereocenters. The fourth-order valence-corrected chi connectivity index (χ4v) is 3.20. The smallest absolute Gasteiger partial charge is 0.240 e. The Bertz CT molecular complexity index is 902. The van der Waals surface area contributed by atoms with Crippen LogP contribution in [0, 0.1) is 19.8 Å². The number of H-pyrrole nitrogens is 1. The Kier molecular flexibility index (Phi) is 6.02. The molecule has 0 aliphatic rings. The molecule has 1 aromatic carbocycles. The van der Waals surface area contributed by atoms with E-state index in [4.69, 9.17) is 4.74 Å². The number of hydrogen-bond donors (Lipinski definition) is 2. The molecule has 0 aliphatic carbocycles.